The summed E-state index contributed by atoms with van der Waals surface area (Å²) in [6.45, 7) is 1.47. The number of allylic oxidation sites excluding steroid dienone is 2. The van der Waals surface area contributed by atoms with E-state index in [2.05, 4.69) is 10.6 Å². The minimum atomic E-state index is -1.49. The Bertz CT molecular complexity index is 1080. The van der Waals surface area contributed by atoms with E-state index >= 15 is 8.78 Å². The van der Waals surface area contributed by atoms with Crippen molar-refractivity contribution in [3.63, 3.8) is 0 Å². The summed E-state index contributed by atoms with van der Waals surface area (Å²) in [7, 11) is 0. The smallest absolute Gasteiger partial charge is 0.277 e. The Morgan fingerprint density at radius 3 is 2.56 bits per heavy atom. The van der Waals surface area contributed by atoms with Gasteiger partial charge in [0.1, 0.15) is 0 Å². The Balaban J connectivity index is 2.36. The van der Waals surface area contributed by atoms with Crippen LogP contribution in [0.5, 0.6) is 0 Å². The lowest BCUT2D eigenvalue weighted by atomic mass is 10.1. The number of hydrogen-bond acceptors (Lipinski definition) is 7. The van der Waals surface area contributed by atoms with Gasteiger partial charge in [-0.05, 0) is 16.2 Å². The number of anilines is 1. The molecule has 3 amide bonds. The quantitative estimate of drug-likeness (QED) is 0.150. The third-order valence-electron chi connectivity index (χ3n) is 4.52. The van der Waals surface area contributed by atoms with E-state index in [0.717, 1.165) is 18.1 Å². The van der Waals surface area contributed by atoms with Crippen LogP contribution in [0.3, 0.4) is 0 Å². The number of carbonyl (C=O) groups is 3. The third kappa shape index (κ3) is 8.39. The summed E-state index contributed by atoms with van der Waals surface area (Å²) in [5.41, 5.74) is 0.307. The summed E-state index contributed by atoms with van der Waals surface area (Å²) in [5, 5.41) is 14.5. The molecule has 0 aromatic heterocycles. The van der Waals surface area contributed by atoms with Gasteiger partial charge in [-0.15, -0.1) is 0 Å². The Morgan fingerprint density at radius 2 is 1.92 bits per heavy atom. The molecule has 1 aliphatic heterocycles. The second kappa shape index (κ2) is 14.7. The number of rotatable bonds is 13. The predicted octanol–water partition coefficient (Wildman–Crippen LogP) is 2.32. The summed E-state index contributed by atoms with van der Waals surface area (Å²) in [5.74, 6) is -5.45. The number of aliphatic hydroxyl groups is 1. The topological polar surface area (TPSA) is 129 Å². The molecule has 0 spiro atoms. The van der Waals surface area contributed by atoms with Crippen LogP contribution in [0.15, 0.2) is 27.7 Å². The molecule has 1 aromatic carbocycles. The van der Waals surface area contributed by atoms with E-state index in [1.807, 2.05) is 5.48 Å². The van der Waals surface area contributed by atoms with Gasteiger partial charge in [-0.1, -0.05) is 27.7 Å². The predicted molar refractivity (Wildman–Crippen MR) is 133 cm³/mol. The van der Waals surface area contributed by atoms with Gasteiger partial charge >= 0.3 is 0 Å². The van der Waals surface area contributed by atoms with Crippen molar-refractivity contribution in [3.05, 3.63) is 50.5 Å². The zero-order valence-electron chi connectivity index (χ0n) is 19.5. The van der Waals surface area contributed by atoms with Gasteiger partial charge in [-0.2, -0.15) is 0 Å². The number of nitrogens with one attached hydrogen (secondary N) is 3. The number of amides is 3. The molecule has 1 aliphatic rings. The number of halogens is 4. The molecule has 4 N–H and O–H groups in total. The number of nitrogens with zero attached hydrogens (tertiary/aromatic N) is 1. The first-order valence-electron chi connectivity index (χ1n) is 10.7. The summed E-state index contributed by atoms with van der Waals surface area (Å²) in [6, 6.07) is 0.970. The summed E-state index contributed by atoms with van der Waals surface area (Å²) in [4.78, 5) is 46.0. The van der Waals surface area contributed by atoms with Crippen LogP contribution in [0.4, 0.5) is 18.9 Å². The minimum Gasteiger partial charge on any atom is -0.394 e. The zero-order chi connectivity index (χ0) is 26.7. The van der Waals surface area contributed by atoms with E-state index in [9.17, 15) is 18.8 Å². The lowest BCUT2D eigenvalue weighted by Crippen LogP contribution is -2.34. The molecule has 198 valence electrons. The highest BCUT2D eigenvalue weighted by molar-refractivity contribution is 14.2. The van der Waals surface area contributed by atoms with Crippen molar-refractivity contribution in [3.8, 4) is 0 Å². The molecule has 0 aliphatic carbocycles. The standard InChI is InChI=1S/C22H26F3IN4O6/c1-3-18(33)27-6-8-36-30(13(2)32)12-14-10-15(22(34)29-35-9-7-31)21(20(25)19(14)24)28-17-4-5-26-11-16(17)23/h4-5,10-11,28,31H,3,6-9,12H2,1-2H3,(H,27,33)(H,29,34). The van der Waals surface area contributed by atoms with Gasteiger partial charge in [0.05, 0.1) is 43.3 Å². The number of hydroxylamine groups is 3. The summed E-state index contributed by atoms with van der Waals surface area (Å²) < 4.78 is 47.4. The second-order valence-electron chi connectivity index (χ2n) is 7.10. The molecule has 10 nitrogen and oxygen atoms in total. The molecule has 0 saturated heterocycles. The van der Waals surface area contributed by atoms with Crippen LogP contribution in [0.2, 0.25) is 0 Å². The van der Waals surface area contributed by atoms with Gasteiger partial charge in [0.15, 0.2) is 17.5 Å². The van der Waals surface area contributed by atoms with Gasteiger partial charge < -0.3 is 15.7 Å². The number of carbonyl (C=O) groups excluding carboxylic acids is 3. The SMILES string of the molecule is CCC(=O)NCCON(Cc1cc(C(=O)NOCCO)c(NC2=C(F)C=IC=C2)c(F)c1F)C(C)=O. The van der Waals surface area contributed by atoms with Crippen molar-refractivity contribution in [1.82, 2.24) is 15.9 Å². The van der Waals surface area contributed by atoms with E-state index in [4.69, 9.17) is 14.8 Å². The molecule has 36 heavy (non-hydrogen) atoms. The van der Waals surface area contributed by atoms with Crippen LogP contribution in [0.25, 0.3) is 0 Å². The number of benzene rings is 1. The lowest BCUT2D eigenvalue weighted by molar-refractivity contribution is -0.187. The van der Waals surface area contributed by atoms with E-state index in [-0.39, 0.29) is 37.8 Å². The van der Waals surface area contributed by atoms with Gasteiger partial charge in [-0.25, -0.2) is 23.7 Å². The monoisotopic (exact) mass is 626 g/mol. The number of hydrogen-bond donors (Lipinski definition) is 4. The van der Waals surface area contributed by atoms with Crippen molar-refractivity contribution in [1.29, 1.82) is 0 Å². The zero-order valence-corrected chi connectivity index (χ0v) is 21.7. The van der Waals surface area contributed by atoms with Gasteiger partial charge in [0, 0.05) is 29.5 Å². The maximum atomic E-state index is 15.2. The van der Waals surface area contributed by atoms with Crippen molar-refractivity contribution in [2.24, 2.45) is 0 Å². The molecular formula is C22H26F3IN4O6. The van der Waals surface area contributed by atoms with Gasteiger partial charge in [0.25, 0.3) is 5.91 Å². The fourth-order valence-corrected chi connectivity index (χ4v) is 4.18. The first-order valence-corrected chi connectivity index (χ1v) is 13.2. The fourth-order valence-electron chi connectivity index (χ4n) is 2.75. The van der Waals surface area contributed by atoms with Crippen LogP contribution in [0, 0.1) is 11.6 Å². The Morgan fingerprint density at radius 1 is 1.17 bits per heavy atom. The van der Waals surface area contributed by atoms with Gasteiger partial charge in [0.2, 0.25) is 11.8 Å². The molecular weight excluding hydrogens is 600 g/mol. The van der Waals surface area contributed by atoms with Crippen molar-refractivity contribution < 1.29 is 42.3 Å². The maximum absolute atomic E-state index is 15.2. The molecule has 0 bridgehead atoms. The van der Waals surface area contributed by atoms with Crippen molar-refractivity contribution in [2.75, 3.05) is 31.7 Å². The molecule has 0 atom stereocenters. The summed E-state index contributed by atoms with van der Waals surface area (Å²) >= 11 is -0.652. The second-order valence-corrected chi connectivity index (χ2v) is 9.16. The first kappa shape index (κ1) is 29.4. The molecule has 0 fully saturated rings. The van der Waals surface area contributed by atoms with Crippen molar-refractivity contribution >= 4 is 48.2 Å². The highest BCUT2D eigenvalue weighted by atomic mass is 127. The maximum Gasteiger partial charge on any atom is 0.277 e. The van der Waals surface area contributed by atoms with Crippen LogP contribution in [-0.2, 0) is 25.8 Å². The van der Waals surface area contributed by atoms with E-state index in [1.165, 1.54) is 10.1 Å². The number of aliphatic hydroxyl groups excluding tert-OH is 1. The Hall–Kier alpha value is -2.82. The van der Waals surface area contributed by atoms with Crippen LogP contribution >= 0.6 is 20.7 Å². The molecule has 1 heterocycles. The highest BCUT2D eigenvalue weighted by Gasteiger charge is 2.26. The highest BCUT2D eigenvalue weighted by Crippen LogP contribution is 2.30. The Kier molecular flexibility index (Phi) is 12.0. The van der Waals surface area contributed by atoms with Crippen molar-refractivity contribution in [2.45, 2.75) is 26.8 Å². The lowest BCUT2D eigenvalue weighted by Gasteiger charge is -2.22. The Labute approximate surface area is 215 Å². The van der Waals surface area contributed by atoms with Crippen LogP contribution in [-0.4, -0.2) is 58.3 Å². The van der Waals surface area contributed by atoms with Crippen LogP contribution < -0.4 is 16.1 Å². The largest absolute Gasteiger partial charge is 0.394 e. The molecule has 0 unspecified atom stereocenters. The molecule has 2 rings (SSSR count). The molecule has 14 heteroatoms. The summed E-state index contributed by atoms with van der Waals surface area (Å²) in [6.07, 6.45) is 1.62. The van der Waals surface area contributed by atoms with Crippen LogP contribution in [0.1, 0.15) is 36.2 Å². The third-order valence-corrected chi connectivity index (χ3v) is 6.20. The average Bonchev–Trinajstić information content (AvgIpc) is 2.85. The fraction of sp³-hybridized carbons (Fsp3) is 0.364. The molecule has 0 radical (unpaired) electrons. The van der Waals surface area contributed by atoms with E-state index < -0.39 is 80.0 Å². The molecule has 1 aromatic rings. The minimum absolute atomic E-state index is 0.0689. The van der Waals surface area contributed by atoms with E-state index in [0.29, 0.717) is 0 Å². The first-order chi connectivity index (χ1) is 17.2. The normalized spacial score (nSPS) is 12.7. The molecule has 0 saturated carbocycles. The average molecular weight is 626 g/mol. The van der Waals surface area contributed by atoms with E-state index in [1.54, 1.807) is 11.0 Å². The van der Waals surface area contributed by atoms with Gasteiger partial charge in [-0.3, -0.25) is 24.1 Å².